The van der Waals surface area contributed by atoms with Crippen molar-refractivity contribution in [1.82, 2.24) is 14.5 Å². The number of hydrogen-bond donors (Lipinski definition) is 1. The molecule has 0 aliphatic rings. The molecule has 2 heterocycles. The number of aromatic nitrogens is 3. The van der Waals surface area contributed by atoms with Crippen LogP contribution in [0.5, 0.6) is 0 Å². The second-order valence-corrected chi connectivity index (χ2v) is 6.29. The molecule has 0 amide bonds. The summed E-state index contributed by atoms with van der Waals surface area (Å²) in [4.78, 5) is 8.42. The van der Waals surface area contributed by atoms with Crippen LogP contribution in [0.4, 0.5) is 5.69 Å². The van der Waals surface area contributed by atoms with E-state index in [9.17, 15) is 0 Å². The highest BCUT2D eigenvalue weighted by molar-refractivity contribution is 6.29. The van der Waals surface area contributed by atoms with Gasteiger partial charge in [0.25, 0.3) is 0 Å². The summed E-state index contributed by atoms with van der Waals surface area (Å²) in [5.74, 6) is 0. The quantitative estimate of drug-likeness (QED) is 0.529. The summed E-state index contributed by atoms with van der Waals surface area (Å²) < 4.78 is 2.17. The van der Waals surface area contributed by atoms with Crippen LogP contribution in [0, 0.1) is 0 Å². The number of para-hydroxylation sites is 2. The predicted molar refractivity (Wildman–Crippen MR) is 102 cm³/mol. The Labute approximate surface area is 151 Å². The summed E-state index contributed by atoms with van der Waals surface area (Å²) in [5.41, 5.74) is 5.61. The van der Waals surface area contributed by atoms with Crippen molar-refractivity contribution >= 4 is 28.3 Å². The summed E-state index contributed by atoms with van der Waals surface area (Å²) in [6.45, 7) is 1.56. The molecule has 0 saturated carbocycles. The van der Waals surface area contributed by atoms with Crippen molar-refractivity contribution in [2.24, 2.45) is 0 Å². The minimum absolute atomic E-state index is 0.493. The van der Waals surface area contributed by atoms with Gasteiger partial charge in [-0.15, -0.1) is 0 Å². The van der Waals surface area contributed by atoms with Gasteiger partial charge in [0, 0.05) is 25.0 Å². The molecule has 4 nitrogen and oxygen atoms in total. The van der Waals surface area contributed by atoms with E-state index < -0.39 is 0 Å². The van der Waals surface area contributed by atoms with Gasteiger partial charge in [-0.1, -0.05) is 48.0 Å². The zero-order chi connectivity index (χ0) is 17.1. The molecule has 0 spiro atoms. The molecule has 1 N–H and O–H groups in total. The van der Waals surface area contributed by atoms with E-state index in [4.69, 9.17) is 11.6 Å². The molecule has 0 aliphatic heterocycles. The normalized spacial score (nSPS) is 10.9. The number of halogens is 1. The third-order valence-corrected chi connectivity index (χ3v) is 4.33. The molecule has 0 radical (unpaired) electrons. The van der Waals surface area contributed by atoms with Crippen molar-refractivity contribution in [3.63, 3.8) is 0 Å². The van der Waals surface area contributed by atoms with Gasteiger partial charge in [0.1, 0.15) is 5.15 Å². The average molecular weight is 349 g/mol. The van der Waals surface area contributed by atoms with Crippen molar-refractivity contribution in [2.45, 2.75) is 13.1 Å². The Morgan fingerprint density at radius 1 is 0.920 bits per heavy atom. The SMILES string of the molecule is Clc1cc(NCc2ccc(Cn3cnc4ccccc43)cc2)ccn1. The standard InChI is InChI=1S/C20H17ClN4/c21-20-11-17(9-10-22-20)23-12-15-5-7-16(8-6-15)13-25-14-24-18-3-1-2-4-19(18)25/h1-11,14H,12-13H2,(H,22,23). The number of nitrogens with one attached hydrogen (secondary N) is 1. The minimum Gasteiger partial charge on any atom is -0.381 e. The van der Waals surface area contributed by atoms with E-state index in [1.54, 1.807) is 6.20 Å². The molecule has 5 heteroatoms. The van der Waals surface area contributed by atoms with Gasteiger partial charge in [0.05, 0.1) is 17.4 Å². The third kappa shape index (κ3) is 3.64. The van der Waals surface area contributed by atoms with E-state index in [0.717, 1.165) is 29.8 Å². The molecule has 0 aliphatic carbocycles. The molecule has 0 bridgehead atoms. The lowest BCUT2D eigenvalue weighted by molar-refractivity contribution is 0.824. The lowest BCUT2D eigenvalue weighted by Crippen LogP contribution is -2.01. The molecule has 2 aromatic heterocycles. The Hall–Kier alpha value is -2.85. The number of nitrogens with zero attached hydrogens (tertiary/aromatic N) is 3. The van der Waals surface area contributed by atoms with Crippen LogP contribution in [-0.2, 0) is 13.1 Å². The van der Waals surface area contributed by atoms with E-state index in [1.807, 2.05) is 36.7 Å². The number of hydrogen-bond acceptors (Lipinski definition) is 3. The molecule has 0 fully saturated rings. The number of rotatable bonds is 5. The van der Waals surface area contributed by atoms with Crippen molar-refractivity contribution in [1.29, 1.82) is 0 Å². The van der Waals surface area contributed by atoms with E-state index in [0.29, 0.717) is 5.15 Å². The lowest BCUT2D eigenvalue weighted by Gasteiger charge is -2.08. The van der Waals surface area contributed by atoms with Crippen LogP contribution in [0.3, 0.4) is 0 Å². The van der Waals surface area contributed by atoms with Gasteiger partial charge in [-0.3, -0.25) is 0 Å². The number of benzene rings is 2. The van der Waals surface area contributed by atoms with Crippen LogP contribution in [0.2, 0.25) is 5.15 Å². The molecule has 2 aromatic carbocycles. The minimum atomic E-state index is 0.493. The molecule has 0 saturated heterocycles. The van der Waals surface area contributed by atoms with E-state index in [-0.39, 0.29) is 0 Å². The van der Waals surface area contributed by atoms with Gasteiger partial charge in [0.15, 0.2) is 0 Å². The number of imidazole rings is 1. The van der Waals surface area contributed by atoms with Crippen LogP contribution in [0.15, 0.2) is 73.2 Å². The number of anilines is 1. The third-order valence-electron chi connectivity index (χ3n) is 4.13. The van der Waals surface area contributed by atoms with Gasteiger partial charge < -0.3 is 9.88 Å². The summed E-state index contributed by atoms with van der Waals surface area (Å²) in [6.07, 6.45) is 3.59. The average Bonchev–Trinajstić information content (AvgIpc) is 3.04. The van der Waals surface area contributed by atoms with Gasteiger partial charge >= 0.3 is 0 Å². The molecule has 124 valence electrons. The molecular weight excluding hydrogens is 332 g/mol. The zero-order valence-corrected chi connectivity index (χ0v) is 14.3. The maximum Gasteiger partial charge on any atom is 0.131 e. The monoisotopic (exact) mass is 348 g/mol. The molecular formula is C20H17ClN4. The Morgan fingerprint density at radius 2 is 1.72 bits per heavy atom. The highest BCUT2D eigenvalue weighted by Crippen LogP contribution is 2.16. The maximum absolute atomic E-state index is 5.90. The van der Waals surface area contributed by atoms with Gasteiger partial charge in [-0.25, -0.2) is 9.97 Å². The predicted octanol–water partition coefficient (Wildman–Crippen LogP) is 4.75. The smallest absolute Gasteiger partial charge is 0.131 e. The topological polar surface area (TPSA) is 42.7 Å². The Kier molecular flexibility index (Phi) is 4.36. The summed E-state index contributed by atoms with van der Waals surface area (Å²) >= 11 is 5.90. The summed E-state index contributed by atoms with van der Waals surface area (Å²) in [5, 5.41) is 3.84. The van der Waals surface area contributed by atoms with Gasteiger partial charge in [-0.05, 0) is 35.4 Å². The van der Waals surface area contributed by atoms with Crippen LogP contribution in [0.25, 0.3) is 11.0 Å². The van der Waals surface area contributed by atoms with Crippen LogP contribution in [0.1, 0.15) is 11.1 Å². The molecule has 0 unspecified atom stereocenters. The van der Waals surface area contributed by atoms with E-state index in [1.165, 1.54) is 11.1 Å². The van der Waals surface area contributed by atoms with Crippen LogP contribution in [-0.4, -0.2) is 14.5 Å². The van der Waals surface area contributed by atoms with Crippen molar-refractivity contribution in [3.05, 3.63) is 89.5 Å². The van der Waals surface area contributed by atoms with Gasteiger partial charge in [-0.2, -0.15) is 0 Å². The van der Waals surface area contributed by atoms with Crippen molar-refractivity contribution in [3.8, 4) is 0 Å². The van der Waals surface area contributed by atoms with Crippen LogP contribution >= 0.6 is 11.6 Å². The maximum atomic E-state index is 5.90. The fourth-order valence-corrected chi connectivity index (χ4v) is 2.99. The summed E-state index contributed by atoms with van der Waals surface area (Å²) in [6, 6.07) is 20.5. The fourth-order valence-electron chi connectivity index (χ4n) is 2.81. The second kappa shape index (κ2) is 6.95. The first-order valence-electron chi connectivity index (χ1n) is 8.11. The Balaban J connectivity index is 1.43. The van der Waals surface area contributed by atoms with E-state index in [2.05, 4.69) is 50.2 Å². The first-order chi connectivity index (χ1) is 12.3. The Bertz CT molecular complexity index is 992. The van der Waals surface area contributed by atoms with Gasteiger partial charge in [0.2, 0.25) is 0 Å². The fraction of sp³-hybridized carbons (Fsp3) is 0.100. The molecule has 4 aromatic rings. The molecule has 25 heavy (non-hydrogen) atoms. The summed E-state index contributed by atoms with van der Waals surface area (Å²) in [7, 11) is 0. The first kappa shape index (κ1) is 15.7. The zero-order valence-electron chi connectivity index (χ0n) is 13.6. The number of fused-ring (bicyclic) bond motifs is 1. The van der Waals surface area contributed by atoms with Crippen molar-refractivity contribution in [2.75, 3.05) is 5.32 Å². The van der Waals surface area contributed by atoms with Crippen LogP contribution < -0.4 is 5.32 Å². The van der Waals surface area contributed by atoms with Crippen molar-refractivity contribution < 1.29 is 0 Å². The van der Waals surface area contributed by atoms with E-state index >= 15 is 0 Å². The number of pyridine rings is 1. The molecule has 0 atom stereocenters. The highest BCUT2D eigenvalue weighted by atomic mass is 35.5. The highest BCUT2D eigenvalue weighted by Gasteiger charge is 2.03. The first-order valence-corrected chi connectivity index (χ1v) is 8.49. The Morgan fingerprint density at radius 3 is 2.56 bits per heavy atom. The largest absolute Gasteiger partial charge is 0.381 e. The second-order valence-electron chi connectivity index (χ2n) is 5.90. The lowest BCUT2D eigenvalue weighted by atomic mass is 10.1. The molecule has 4 rings (SSSR count).